The maximum Gasteiger partial charge on any atom is 0.247 e. The van der Waals surface area contributed by atoms with E-state index in [1.165, 1.54) is 4.90 Å². The third-order valence-electron chi connectivity index (χ3n) is 7.35. The first-order valence-corrected chi connectivity index (χ1v) is 14.6. The molecule has 5 atom stereocenters. The highest BCUT2D eigenvalue weighted by Gasteiger charge is 2.47. The van der Waals surface area contributed by atoms with E-state index >= 15 is 0 Å². The third kappa shape index (κ3) is 5.64. The van der Waals surface area contributed by atoms with Gasteiger partial charge in [0, 0.05) is 49.1 Å². The number of hydrogen-bond acceptors (Lipinski definition) is 8. The maximum absolute atomic E-state index is 13.3. The molecule has 2 saturated heterocycles. The van der Waals surface area contributed by atoms with Crippen molar-refractivity contribution >= 4 is 33.1 Å². The quantitative estimate of drug-likeness (QED) is 0.396. The monoisotopic (exact) mass is 520 g/mol. The number of nitrogens with one attached hydrogen (secondary N) is 2. The normalized spacial score (nSPS) is 27.3. The Hall–Kier alpha value is -2.34. The van der Waals surface area contributed by atoms with Gasteiger partial charge in [-0.05, 0) is 51.7 Å². The molecule has 0 radical (unpaired) electrons. The average molecular weight is 521 g/mol. The molecular weight excluding hydrogens is 484 g/mol. The van der Waals surface area contributed by atoms with Gasteiger partial charge in [-0.1, -0.05) is 12.1 Å². The Morgan fingerprint density at radius 1 is 1.14 bits per heavy atom. The van der Waals surface area contributed by atoms with Crippen molar-refractivity contribution in [1.82, 2.24) is 15.5 Å². The second kappa shape index (κ2) is 10.6. The number of para-hydroxylation sites is 1. The maximum atomic E-state index is 13.3. The van der Waals surface area contributed by atoms with Crippen LogP contribution in [0.15, 0.2) is 24.3 Å². The van der Waals surface area contributed by atoms with Gasteiger partial charge in [-0.2, -0.15) is 0 Å². The van der Waals surface area contributed by atoms with Gasteiger partial charge < -0.3 is 20.6 Å². The minimum atomic E-state index is -3.15. The van der Waals surface area contributed by atoms with Gasteiger partial charge in [-0.3, -0.25) is 19.3 Å². The van der Waals surface area contributed by atoms with E-state index in [9.17, 15) is 27.9 Å². The first kappa shape index (κ1) is 26.7. The number of carbonyl (C=O) groups is 3. The molecule has 3 aliphatic heterocycles. The number of benzene rings is 1. The number of anilines is 1. The van der Waals surface area contributed by atoms with Crippen LogP contribution in [0.2, 0.25) is 0 Å². The Labute approximate surface area is 212 Å². The SMILES string of the molecule is CC(C)N1C(=O)C(C(=O)NC2C[C@H]3CC[C@@H](C2)N3CC(O)CNCS(C)(=O)=O)C(=O)c2ccccc21. The summed E-state index contributed by atoms with van der Waals surface area (Å²) < 4.78 is 22.5. The van der Waals surface area contributed by atoms with E-state index in [1.54, 1.807) is 24.3 Å². The fourth-order valence-corrected chi connectivity index (χ4v) is 6.36. The fourth-order valence-electron chi connectivity index (χ4n) is 5.87. The van der Waals surface area contributed by atoms with Crippen molar-refractivity contribution in [1.29, 1.82) is 0 Å². The molecule has 3 heterocycles. The summed E-state index contributed by atoms with van der Waals surface area (Å²) in [6.45, 7) is 4.32. The minimum absolute atomic E-state index is 0.156. The number of aliphatic hydroxyl groups is 1. The highest BCUT2D eigenvalue weighted by Crippen LogP contribution is 2.37. The lowest BCUT2D eigenvalue weighted by Gasteiger charge is -2.41. The molecule has 1 aromatic carbocycles. The number of rotatable bonds is 9. The van der Waals surface area contributed by atoms with Crippen LogP contribution in [0.1, 0.15) is 49.9 Å². The van der Waals surface area contributed by atoms with Crippen molar-refractivity contribution in [2.75, 3.05) is 30.1 Å². The van der Waals surface area contributed by atoms with Crippen LogP contribution in [0.25, 0.3) is 0 Å². The lowest BCUT2D eigenvalue weighted by molar-refractivity contribution is -0.132. The molecule has 1 aromatic rings. The summed E-state index contributed by atoms with van der Waals surface area (Å²) in [6, 6.07) is 6.90. The number of hydrogen-bond donors (Lipinski definition) is 3. The number of carbonyl (C=O) groups excluding carboxylic acids is 3. The van der Waals surface area contributed by atoms with Crippen LogP contribution in [0.3, 0.4) is 0 Å². The van der Waals surface area contributed by atoms with Gasteiger partial charge in [-0.15, -0.1) is 0 Å². The van der Waals surface area contributed by atoms with E-state index in [0.717, 1.165) is 19.1 Å². The predicted molar refractivity (Wildman–Crippen MR) is 135 cm³/mol. The van der Waals surface area contributed by atoms with Gasteiger partial charge >= 0.3 is 0 Å². The highest BCUT2D eigenvalue weighted by atomic mass is 32.2. The Bertz CT molecular complexity index is 1110. The highest BCUT2D eigenvalue weighted by molar-refractivity contribution is 7.90. The van der Waals surface area contributed by atoms with E-state index in [4.69, 9.17) is 0 Å². The Balaban J connectivity index is 1.38. The van der Waals surface area contributed by atoms with Crippen LogP contribution in [-0.4, -0.2) is 91.5 Å². The summed E-state index contributed by atoms with van der Waals surface area (Å²) in [6.07, 6.45) is 3.66. The standard InChI is InChI=1S/C25H36N4O6S/c1-15(2)29-21-7-5-4-6-20(21)23(31)22(25(29)33)24(32)27-16-10-17-8-9-18(11-16)28(17)13-19(30)12-26-14-36(3,34)35/h4-7,15-19,22,26,30H,8-14H2,1-3H3,(H,27,32)/t16?,17-,18+,19?,22?. The lowest BCUT2D eigenvalue weighted by Crippen LogP contribution is -2.57. The number of amides is 2. The van der Waals surface area contributed by atoms with Gasteiger partial charge in [0.05, 0.1) is 17.7 Å². The number of sulfone groups is 1. The topological polar surface area (TPSA) is 136 Å². The minimum Gasteiger partial charge on any atom is -0.390 e. The second-order valence-corrected chi connectivity index (χ2v) is 12.7. The first-order chi connectivity index (χ1) is 17.0. The molecule has 36 heavy (non-hydrogen) atoms. The Morgan fingerprint density at radius 2 is 1.78 bits per heavy atom. The largest absolute Gasteiger partial charge is 0.390 e. The summed E-state index contributed by atoms with van der Waals surface area (Å²) >= 11 is 0. The summed E-state index contributed by atoms with van der Waals surface area (Å²) in [5, 5.41) is 16.2. The van der Waals surface area contributed by atoms with E-state index in [1.807, 2.05) is 13.8 Å². The first-order valence-electron chi connectivity index (χ1n) is 12.5. The van der Waals surface area contributed by atoms with E-state index in [0.29, 0.717) is 30.6 Å². The number of aliphatic hydroxyl groups excluding tert-OH is 1. The molecule has 0 aromatic heterocycles. The number of ketones is 1. The predicted octanol–water partition coefficient (Wildman–Crippen LogP) is 0.305. The summed E-state index contributed by atoms with van der Waals surface area (Å²) in [7, 11) is -3.15. The number of fused-ring (bicyclic) bond motifs is 3. The van der Waals surface area contributed by atoms with Crippen molar-refractivity contribution in [2.45, 2.75) is 69.8 Å². The third-order valence-corrected chi connectivity index (χ3v) is 8.08. The van der Waals surface area contributed by atoms with E-state index in [-0.39, 0.29) is 36.6 Å². The number of piperidine rings is 1. The molecule has 3 aliphatic rings. The fraction of sp³-hybridized carbons (Fsp3) is 0.640. The summed E-state index contributed by atoms with van der Waals surface area (Å²) in [5.41, 5.74) is 0.932. The van der Waals surface area contributed by atoms with Crippen molar-refractivity contribution in [3.05, 3.63) is 29.8 Å². The van der Waals surface area contributed by atoms with Gasteiger partial charge in [0.2, 0.25) is 11.8 Å². The molecule has 198 valence electrons. The Morgan fingerprint density at radius 3 is 2.39 bits per heavy atom. The zero-order valence-electron chi connectivity index (χ0n) is 21.0. The van der Waals surface area contributed by atoms with Crippen molar-refractivity contribution < 1.29 is 27.9 Å². The van der Waals surface area contributed by atoms with Gasteiger partial charge in [0.15, 0.2) is 21.5 Å². The van der Waals surface area contributed by atoms with E-state index in [2.05, 4.69) is 15.5 Å². The van der Waals surface area contributed by atoms with Crippen LogP contribution in [0.5, 0.6) is 0 Å². The molecule has 10 nitrogen and oxygen atoms in total. The van der Waals surface area contributed by atoms with Gasteiger partial charge in [-0.25, -0.2) is 8.42 Å². The molecule has 3 N–H and O–H groups in total. The molecule has 2 amide bonds. The molecule has 0 aliphatic carbocycles. The molecule has 11 heteroatoms. The summed E-state index contributed by atoms with van der Waals surface area (Å²) in [4.78, 5) is 43.4. The number of nitrogens with zero attached hydrogens (tertiary/aromatic N) is 2. The van der Waals surface area contributed by atoms with Crippen molar-refractivity contribution in [2.24, 2.45) is 5.92 Å². The summed E-state index contributed by atoms with van der Waals surface area (Å²) in [5.74, 6) is -3.07. The molecule has 0 spiro atoms. The second-order valence-electron chi connectivity index (χ2n) is 10.6. The smallest absolute Gasteiger partial charge is 0.247 e. The molecule has 2 fully saturated rings. The van der Waals surface area contributed by atoms with Crippen LogP contribution >= 0.6 is 0 Å². The number of Topliss-reactive ketones (excluding diaryl/α,β-unsaturated/α-hetero) is 1. The zero-order valence-corrected chi connectivity index (χ0v) is 21.8. The van der Waals surface area contributed by atoms with Crippen LogP contribution in [0.4, 0.5) is 5.69 Å². The van der Waals surface area contributed by atoms with Crippen molar-refractivity contribution in [3.8, 4) is 0 Å². The Kier molecular flexibility index (Phi) is 7.84. The van der Waals surface area contributed by atoms with Gasteiger partial charge in [0.25, 0.3) is 0 Å². The average Bonchev–Trinajstić information content (AvgIpc) is 3.00. The molecular formula is C25H36N4O6S. The molecule has 2 bridgehead atoms. The van der Waals surface area contributed by atoms with Crippen molar-refractivity contribution in [3.63, 3.8) is 0 Å². The van der Waals surface area contributed by atoms with Crippen LogP contribution < -0.4 is 15.5 Å². The van der Waals surface area contributed by atoms with Crippen LogP contribution in [-0.2, 0) is 19.4 Å². The molecule has 4 rings (SSSR count). The zero-order chi connectivity index (χ0) is 26.2. The molecule has 0 saturated carbocycles. The molecule has 3 unspecified atom stereocenters. The van der Waals surface area contributed by atoms with Gasteiger partial charge in [0.1, 0.15) is 0 Å². The van der Waals surface area contributed by atoms with Crippen LogP contribution in [0, 0.1) is 5.92 Å². The van der Waals surface area contributed by atoms with E-state index < -0.39 is 39.5 Å². The lowest BCUT2D eigenvalue weighted by atomic mass is 9.88.